The lowest BCUT2D eigenvalue weighted by molar-refractivity contribution is -0.739. The van der Waals surface area contributed by atoms with Gasteiger partial charge in [-0.25, -0.2) is 4.99 Å². The van der Waals surface area contributed by atoms with Gasteiger partial charge in [-0.3, -0.25) is 5.32 Å². The Morgan fingerprint density at radius 1 is 0.435 bits per heavy atom. The molecule has 62 heavy (non-hydrogen) atoms. The van der Waals surface area contributed by atoms with Gasteiger partial charge in [0.1, 0.15) is 5.84 Å². The molecule has 2 heterocycles. The first-order chi connectivity index (χ1) is 30.7. The Kier molecular flexibility index (Phi) is 8.58. The van der Waals surface area contributed by atoms with Crippen molar-refractivity contribution in [3.63, 3.8) is 0 Å². The van der Waals surface area contributed by atoms with Gasteiger partial charge < -0.3 is 9.88 Å². The highest BCUT2D eigenvalue weighted by Crippen LogP contribution is 2.57. The summed E-state index contributed by atoms with van der Waals surface area (Å²) >= 11 is 0. The van der Waals surface area contributed by atoms with Crippen molar-refractivity contribution in [3.05, 3.63) is 269 Å². The molecule has 4 heteroatoms. The van der Waals surface area contributed by atoms with Crippen LogP contribution in [-0.4, -0.2) is 10.4 Å². The zero-order chi connectivity index (χ0) is 41.0. The Morgan fingerprint density at radius 2 is 1.05 bits per heavy atom. The number of para-hydroxylation sites is 1. The molecule has 4 nitrogen and oxygen atoms in total. The number of aromatic nitrogens is 1. The summed E-state index contributed by atoms with van der Waals surface area (Å²) in [4.78, 5) is 5.40. The van der Waals surface area contributed by atoms with E-state index in [1.54, 1.807) is 0 Å². The lowest BCUT2D eigenvalue weighted by Gasteiger charge is -2.34. The van der Waals surface area contributed by atoms with Crippen molar-refractivity contribution in [3.8, 4) is 27.9 Å². The molecule has 12 rings (SSSR count). The maximum absolute atomic E-state index is 5.40. The third-order valence-electron chi connectivity index (χ3n) is 13.1. The van der Waals surface area contributed by atoms with Gasteiger partial charge in [0, 0.05) is 33.2 Å². The Labute approximate surface area is 361 Å². The van der Waals surface area contributed by atoms with E-state index in [1.165, 1.54) is 77.4 Å². The molecule has 0 spiro atoms. The molecule has 2 aliphatic rings. The summed E-state index contributed by atoms with van der Waals surface area (Å²) in [5, 5.41) is 8.66. The summed E-state index contributed by atoms with van der Waals surface area (Å²) in [7, 11) is 0. The van der Waals surface area contributed by atoms with Crippen LogP contribution in [0.2, 0.25) is 0 Å². The number of nitrogens with one attached hydrogen (secondary N) is 1. The number of benzene rings is 9. The van der Waals surface area contributed by atoms with Gasteiger partial charge >= 0.3 is 0 Å². The number of nitrogens with two attached hydrogens (primary N) is 1. The lowest BCUT2D eigenvalue weighted by Crippen LogP contribution is -2.90. The highest BCUT2D eigenvalue weighted by Gasteiger charge is 2.46. The van der Waals surface area contributed by atoms with Crippen molar-refractivity contribution in [1.82, 2.24) is 9.88 Å². The molecule has 2 unspecified atom stereocenters. The molecule has 294 valence electrons. The first kappa shape index (κ1) is 36.1. The van der Waals surface area contributed by atoms with Crippen LogP contribution in [0.15, 0.2) is 236 Å². The highest BCUT2D eigenvalue weighted by molar-refractivity contribution is 6.12. The van der Waals surface area contributed by atoms with E-state index in [1.807, 2.05) is 0 Å². The van der Waals surface area contributed by atoms with E-state index < -0.39 is 5.41 Å². The second-order valence-corrected chi connectivity index (χ2v) is 16.5. The summed E-state index contributed by atoms with van der Waals surface area (Å²) < 4.78 is 2.45. The summed E-state index contributed by atoms with van der Waals surface area (Å²) in [5.41, 5.74) is 16.5. The number of amidine groups is 1. The van der Waals surface area contributed by atoms with Crippen molar-refractivity contribution < 1.29 is 5.32 Å². The monoisotopic (exact) mass is 795 g/mol. The lowest BCUT2D eigenvalue weighted by atomic mass is 9.67. The van der Waals surface area contributed by atoms with Crippen molar-refractivity contribution in [1.29, 1.82) is 0 Å². The predicted molar refractivity (Wildman–Crippen MR) is 253 cm³/mol. The molecule has 1 aliphatic carbocycles. The molecular weight excluding hydrogens is 753 g/mol. The second kappa shape index (κ2) is 14.7. The Hall–Kier alpha value is -7.79. The molecule has 0 saturated heterocycles. The largest absolute Gasteiger partial charge is 0.317 e. The number of aliphatic imine (C=N–C) groups is 1. The molecule has 3 N–H and O–H groups in total. The summed E-state index contributed by atoms with van der Waals surface area (Å²) in [6.07, 6.45) is -0.146. The van der Waals surface area contributed by atoms with Crippen LogP contribution in [0.1, 0.15) is 51.3 Å². The smallest absolute Gasteiger partial charge is 0.209 e. The molecule has 1 aliphatic heterocycles. The Balaban J connectivity index is 1.01. The van der Waals surface area contributed by atoms with Gasteiger partial charge in [-0.1, -0.05) is 200 Å². The summed E-state index contributed by atoms with van der Waals surface area (Å²) in [5.74, 6) is 0.881. The van der Waals surface area contributed by atoms with Gasteiger partial charge in [-0.15, -0.1) is 0 Å². The van der Waals surface area contributed by atoms with Gasteiger partial charge in [0.25, 0.3) is 0 Å². The topological polar surface area (TPSA) is 45.9 Å². The quantitative estimate of drug-likeness (QED) is 0.166. The number of quaternary nitrogens is 1. The average Bonchev–Trinajstić information content (AvgIpc) is 3.84. The zero-order valence-corrected chi connectivity index (χ0v) is 34.1. The van der Waals surface area contributed by atoms with E-state index in [-0.39, 0.29) is 12.3 Å². The van der Waals surface area contributed by atoms with Gasteiger partial charge in [-0.2, -0.15) is 0 Å². The van der Waals surface area contributed by atoms with Crippen LogP contribution >= 0.6 is 0 Å². The van der Waals surface area contributed by atoms with Crippen LogP contribution in [0.3, 0.4) is 0 Å². The van der Waals surface area contributed by atoms with Crippen LogP contribution < -0.4 is 10.6 Å². The fourth-order valence-electron chi connectivity index (χ4n) is 10.3. The first-order valence-corrected chi connectivity index (χ1v) is 21.5. The van der Waals surface area contributed by atoms with Gasteiger partial charge in [0.15, 0.2) is 6.17 Å². The van der Waals surface area contributed by atoms with Crippen LogP contribution in [0.4, 0.5) is 0 Å². The number of hydrogen-bond donors (Lipinski definition) is 2. The maximum Gasteiger partial charge on any atom is 0.209 e. The van der Waals surface area contributed by atoms with Crippen LogP contribution in [0.25, 0.3) is 49.7 Å². The fraction of sp³-hybridized carbons (Fsp3) is 0.0517. The SMILES string of the molecule is c1ccc(-c2ccc(C3NC(c4cccc(-n5c6ccccc6c6cc7c(cc65)-c5ccccc5C7(c5ccccc5)c5ccccc5)c4)=NC(c4ccccc4)[NH2+]3)cc2)cc1. The molecule has 2 atom stereocenters. The number of nitrogens with zero attached hydrogens (tertiary/aromatic N) is 2. The Bertz CT molecular complexity index is 3240. The fourth-order valence-corrected chi connectivity index (χ4v) is 10.3. The van der Waals surface area contributed by atoms with Crippen molar-refractivity contribution >= 4 is 27.6 Å². The van der Waals surface area contributed by atoms with Gasteiger partial charge in [0.2, 0.25) is 6.17 Å². The third kappa shape index (κ3) is 5.76. The van der Waals surface area contributed by atoms with Crippen molar-refractivity contribution in [2.24, 2.45) is 4.99 Å². The second-order valence-electron chi connectivity index (χ2n) is 16.5. The molecule has 0 saturated carbocycles. The minimum Gasteiger partial charge on any atom is -0.317 e. The Morgan fingerprint density at radius 3 is 1.79 bits per heavy atom. The van der Waals surface area contributed by atoms with Gasteiger partial charge in [0.05, 0.1) is 16.4 Å². The molecule has 0 amide bonds. The van der Waals surface area contributed by atoms with E-state index in [9.17, 15) is 0 Å². The van der Waals surface area contributed by atoms with E-state index in [0.29, 0.717) is 0 Å². The molecule has 0 bridgehead atoms. The van der Waals surface area contributed by atoms with Gasteiger partial charge in [-0.05, 0) is 74.8 Å². The van der Waals surface area contributed by atoms with E-state index in [2.05, 4.69) is 246 Å². The molecule has 0 radical (unpaired) electrons. The molecule has 9 aromatic carbocycles. The zero-order valence-electron chi connectivity index (χ0n) is 34.1. The molecule has 1 aromatic heterocycles. The number of hydrogen-bond acceptors (Lipinski definition) is 2. The van der Waals surface area contributed by atoms with Crippen LogP contribution in [-0.2, 0) is 5.41 Å². The van der Waals surface area contributed by atoms with Crippen LogP contribution in [0, 0.1) is 0 Å². The van der Waals surface area contributed by atoms with Crippen molar-refractivity contribution in [2.75, 3.05) is 0 Å². The third-order valence-corrected chi connectivity index (χ3v) is 13.1. The minimum absolute atomic E-state index is 0.0356. The minimum atomic E-state index is -0.471. The van der Waals surface area contributed by atoms with Crippen molar-refractivity contribution in [2.45, 2.75) is 17.7 Å². The molecule has 10 aromatic rings. The first-order valence-electron chi connectivity index (χ1n) is 21.5. The maximum atomic E-state index is 5.40. The average molecular weight is 796 g/mol. The summed E-state index contributed by atoms with van der Waals surface area (Å²) in [6, 6.07) is 84.0. The van der Waals surface area contributed by atoms with E-state index in [0.717, 1.165) is 17.1 Å². The molecular formula is C58H43N4+. The normalized spacial score (nSPS) is 16.4. The number of rotatable bonds is 7. The highest BCUT2D eigenvalue weighted by atomic mass is 15.3. The van der Waals surface area contributed by atoms with E-state index >= 15 is 0 Å². The standard InChI is InChI=1S/C58H42N4/c1-5-18-39(19-6-1)40-32-34-42(35-33-40)56-59-55(41-20-7-2-8-21-41)60-57(61-56)43-22-17-27-46(36-43)62-53-31-16-14-29-48(53)50-37-52-49(38-54(50)62)47-28-13-15-30-51(47)58(52,44-23-9-3-10-24-44)45-25-11-4-12-26-45/h1-38,55-56,59H,(H,60,61)/p+1. The number of fused-ring (bicyclic) bond motifs is 6. The summed E-state index contributed by atoms with van der Waals surface area (Å²) in [6.45, 7) is 0. The van der Waals surface area contributed by atoms with Crippen LogP contribution in [0.5, 0.6) is 0 Å². The molecule has 0 fully saturated rings. The predicted octanol–water partition coefficient (Wildman–Crippen LogP) is 12.1. The van der Waals surface area contributed by atoms with E-state index in [4.69, 9.17) is 4.99 Å².